The lowest BCUT2D eigenvalue weighted by atomic mass is 10.3. The normalized spacial score (nSPS) is 11.7. The van der Waals surface area contributed by atoms with E-state index in [0.29, 0.717) is 6.54 Å². The molecule has 126 valence electrons. The molecule has 0 aliphatic rings. The van der Waals surface area contributed by atoms with Crippen molar-refractivity contribution in [1.82, 2.24) is 30.4 Å². The summed E-state index contributed by atoms with van der Waals surface area (Å²) < 4.78 is 1.73. The maximum absolute atomic E-state index is 4.28. The molecule has 3 aromatic heterocycles. The molecule has 0 aliphatic carbocycles. The van der Waals surface area contributed by atoms with Gasteiger partial charge in [-0.15, -0.1) is 0 Å². The molecule has 3 rings (SSSR count). The van der Waals surface area contributed by atoms with Crippen molar-refractivity contribution in [2.45, 2.75) is 6.54 Å². The Balaban J connectivity index is 1.47. The molecule has 0 atom stereocenters. The summed E-state index contributed by atoms with van der Waals surface area (Å²) in [6, 6.07) is 2.10. The second kappa shape index (κ2) is 7.73. The number of aliphatic imine (C=N–C) groups is 1. The van der Waals surface area contributed by atoms with E-state index in [-0.39, 0.29) is 0 Å². The van der Waals surface area contributed by atoms with Crippen LogP contribution in [-0.4, -0.2) is 45.8 Å². The van der Waals surface area contributed by atoms with Gasteiger partial charge in [0.1, 0.15) is 12.1 Å². The van der Waals surface area contributed by atoms with Gasteiger partial charge in [-0.05, 0) is 22.4 Å². The molecule has 3 N–H and O–H groups in total. The van der Waals surface area contributed by atoms with Gasteiger partial charge in [0.15, 0.2) is 11.6 Å². The Bertz CT molecular complexity index is 808. The third kappa shape index (κ3) is 3.80. The van der Waals surface area contributed by atoms with Gasteiger partial charge in [-0.3, -0.25) is 9.67 Å². The van der Waals surface area contributed by atoms with Gasteiger partial charge in [-0.1, -0.05) is 0 Å². The van der Waals surface area contributed by atoms with E-state index in [9.17, 15) is 0 Å². The van der Waals surface area contributed by atoms with E-state index >= 15 is 0 Å². The monoisotopic (exact) mass is 344 g/mol. The minimum absolute atomic E-state index is 0.708. The minimum atomic E-state index is 0.708. The van der Waals surface area contributed by atoms with E-state index in [1.807, 2.05) is 7.05 Å². The number of anilines is 1. The molecular weight excluding hydrogens is 324 g/mol. The molecule has 0 fully saturated rings. The molecule has 0 bridgehead atoms. The SMILES string of the molecule is CN=C(NCCNc1ncnc2c1cnn2C)NCc1ccsc1. The fraction of sp³-hybridized carbons (Fsp3) is 0.333. The molecule has 0 aliphatic heterocycles. The standard InChI is InChI=1S/C15H20N8S/c1-16-15(19-7-11-3-6-24-9-11)18-5-4-17-13-12-8-22-23(2)14(12)21-10-20-13/h3,6,8-10H,4-5,7H2,1-2H3,(H2,16,18,19)(H,17,20,21). The van der Waals surface area contributed by atoms with Crippen LogP contribution in [0.4, 0.5) is 5.82 Å². The van der Waals surface area contributed by atoms with Gasteiger partial charge in [-0.25, -0.2) is 9.97 Å². The predicted octanol–water partition coefficient (Wildman–Crippen LogP) is 1.20. The minimum Gasteiger partial charge on any atom is -0.368 e. The molecule has 3 aromatic rings. The lowest BCUT2D eigenvalue weighted by Crippen LogP contribution is -2.39. The Kier molecular flexibility index (Phi) is 5.22. The maximum atomic E-state index is 4.28. The second-order valence-corrected chi connectivity index (χ2v) is 5.92. The Labute approximate surface area is 144 Å². The lowest BCUT2D eigenvalue weighted by molar-refractivity contribution is 0.785. The van der Waals surface area contributed by atoms with Crippen LogP contribution in [-0.2, 0) is 13.6 Å². The number of aromatic nitrogens is 4. The average molecular weight is 344 g/mol. The Morgan fingerprint density at radius 2 is 2.21 bits per heavy atom. The predicted molar refractivity (Wildman–Crippen MR) is 97.3 cm³/mol. The molecule has 0 unspecified atom stereocenters. The Morgan fingerprint density at radius 1 is 1.29 bits per heavy atom. The largest absolute Gasteiger partial charge is 0.368 e. The highest BCUT2D eigenvalue weighted by Crippen LogP contribution is 2.16. The fourth-order valence-electron chi connectivity index (χ4n) is 2.26. The third-order valence-electron chi connectivity index (χ3n) is 3.50. The molecule has 24 heavy (non-hydrogen) atoms. The summed E-state index contributed by atoms with van der Waals surface area (Å²) in [5.41, 5.74) is 2.06. The molecule has 0 aromatic carbocycles. The van der Waals surface area contributed by atoms with Crippen molar-refractivity contribution in [1.29, 1.82) is 0 Å². The molecule has 8 nitrogen and oxygen atoms in total. The molecule has 0 spiro atoms. The van der Waals surface area contributed by atoms with Gasteiger partial charge in [0.05, 0.1) is 11.6 Å². The highest BCUT2D eigenvalue weighted by molar-refractivity contribution is 7.07. The summed E-state index contributed by atoms with van der Waals surface area (Å²) >= 11 is 1.69. The van der Waals surface area contributed by atoms with Crippen LogP contribution in [0.5, 0.6) is 0 Å². The van der Waals surface area contributed by atoms with Crippen molar-refractivity contribution in [2.75, 3.05) is 25.5 Å². The molecule has 0 saturated carbocycles. The van der Waals surface area contributed by atoms with Gasteiger partial charge >= 0.3 is 0 Å². The summed E-state index contributed by atoms with van der Waals surface area (Å²) in [5, 5.41) is 19.2. The molecule has 0 amide bonds. The van der Waals surface area contributed by atoms with Crippen molar-refractivity contribution in [2.24, 2.45) is 12.0 Å². The summed E-state index contributed by atoms with van der Waals surface area (Å²) in [5.74, 6) is 1.56. The summed E-state index contributed by atoms with van der Waals surface area (Å²) in [6.07, 6.45) is 3.31. The molecular formula is C15H20N8S. The van der Waals surface area contributed by atoms with Gasteiger partial charge in [0.25, 0.3) is 0 Å². The van der Waals surface area contributed by atoms with Gasteiger partial charge in [-0.2, -0.15) is 16.4 Å². The molecule has 0 radical (unpaired) electrons. The smallest absolute Gasteiger partial charge is 0.191 e. The van der Waals surface area contributed by atoms with E-state index in [1.54, 1.807) is 35.6 Å². The van der Waals surface area contributed by atoms with Crippen LogP contribution in [0.3, 0.4) is 0 Å². The number of guanidine groups is 1. The van der Waals surface area contributed by atoms with Crippen molar-refractivity contribution in [3.63, 3.8) is 0 Å². The first-order valence-electron chi connectivity index (χ1n) is 7.60. The van der Waals surface area contributed by atoms with E-state index in [2.05, 4.69) is 52.8 Å². The van der Waals surface area contributed by atoms with Crippen LogP contribution >= 0.6 is 11.3 Å². The molecule has 0 saturated heterocycles. The van der Waals surface area contributed by atoms with Crippen LogP contribution in [0, 0.1) is 0 Å². The topological polar surface area (TPSA) is 92.1 Å². The zero-order chi connectivity index (χ0) is 16.8. The second-order valence-electron chi connectivity index (χ2n) is 5.14. The highest BCUT2D eigenvalue weighted by Gasteiger charge is 2.07. The van der Waals surface area contributed by atoms with E-state index in [0.717, 1.165) is 35.9 Å². The van der Waals surface area contributed by atoms with E-state index in [4.69, 9.17) is 0 Å². The summed E-state index contributed by atoms with van der Waals surface area (Å²) in [6.45, 7) is 2.19. The zero-order valence-electron chi connectivity index (χ0n) is 13.7. The Morgan fingerprint density at radius 3 is 3.00 bits per heavy atom. The van der Waals surface area contributed by atoms with Crippen LogP contribution in [0.1, 0.15) is 5.56 Å². The van der Waals surface area contributed by atoms with Gasteiger partial charge in [0.2, 0.25) is 0 Å². The molecule has 9 heteroatoms. The maximum Gasteiger partial charge on any atom is 0.191 e. The lowest BCUT2D eigenvalue weighted by Gasteiger charge is -2.12. The third-order valence-corrected chi connectivity index (χ3v) is 4.24. The van der Waals surface area contributed by atoms with Crippen molar-refractivity contribution < 1.29 is 0 Å². The summed E-state index contributed by atoms with van der Waals surface area (Å²) in [4.78, 5) is 12.7. The summed E-state index contributed by atoms with van der Waals surface area (Å²) in [7, 11) is 3.63. The number of hydrogen-bond acceptors (Lipinski definition) is 6. The van der Waals surface area contributed by atoms with Gasteiger partial charge < -0.3 is 16.0 Å². The Hall–Kier alpha value is -2.68. The highest BCUT2D eigenvalue weighted by atomic mass is 32.1. The zero-order valence-corrected chi connectivity index (χ0v) is 14.5. The van der Waals surface area contributed by atoms with Crippen molar-refractivity contribution in [3.05, 3.63) is 34.9 Å². The quantitative estimate of drug-likeness (QED) is 0.354. The number of aryl methyl sites for hydroxylation is 1. The van der Waals surface area contributed by atoms with Crippen LogP contribution in [0.15, 0.2) is 34.3 Å². The first-order valence-corrected chi connectivity index (χ1v) is 8.54. The number of fused-ring (bicyclic) bond motifs is 1. The van der Waals surface area contributed by atoms with Crippen LogP contribution in [0.25, 0.3) is 11.0 Å². The number of nitrogens with zero attached hydrogens (tertiary/aromatic N) is 5. The van der Waals surface area contributed by atoms with E-state index in [1.165, 1.54) is 5.56 Å². The fourth-order valence-corrected chi connectivity index (χ4v) is 2.93. The van der Waals surface area contributed by atoms with Crippen molar-refractivity contribution in [3.8, 4) is 0 Å². The number of nitrogens with one attached hydrogen (secondary N) is 3. The number of thiophene rings is 1. The molecule has 3 heterocycles. The van der Waals surface area contributed by atoms with Crippen LogP contribution in [0.2, 0.25) is 0 Å². The van der Waals surface area contributed by atoms with Crippen LogP contribution < -0.4 is 16.0 Å². The first-order chi connectivity index (χ1) is 11.8. The first kappa shape index (κ1) is 16.2. The average Bonchev–Trinajstić information content (AvgIpc) is 3.25. The number of rotatable bonds is 6. The van der Waals surface area contributed by atoms with Gasteiger partial charge in [0, 0.05) is 33.7 Å². The van der Waals surface area contributed by atoms with Crippen molar-refractivity contribution >= 4 is 34.1 Å². The van der Waals surface area contributed by atoms with E-state index < -0.39 is 0 Å². The number of hydrogen-bond donors (Lipinski definition) is 3.